The van der Waals surface area contributed by atoms with Crippen molar-refractivity contribution in [3.63, 3.8) is 0 Å². The van der Waals surface area contributed by atoms with E-state index in [1.807, 2.05) is 104 Å². The lowest BCUT2D eigenvalue weighted by Gasteiger charge is -2.04. The van der Waals surface area contributed by atoms with Gasteiger partial charge in [0, 0.05) is 5.56 Å². The van der Waals surface area contributed by atoms with Gasteiger partial charge in [-0.25, -0.2) is 0 Å². The number of benzene rings is 2. The van der Waals surface area contributed by atoms with Gasteiger partial charge in [0.25, 0.3) is 0 Å². The Balaban J connectivity index is -0.000000484. The fourth-order valence-corrected chi connectivity index (χ4v) is 1.37. The summed E-state index contributed by atoms with van der Waals surface area (Å²) in [4.78, 5) is 11.7. The first kappa shape index (κ1) is 26.8. The monoisotopic (exact) mass is 332 g/mol. The van der Waals surface area contributed by atoms with Crippen LogP contribution in [0.1, 0.15) is 65.7 Å². The lowest BCUT2D eigenvalue weighted by Crippen LogP contribution is -2.11. The number of ketones is 1. The number of hydrogen-bond acceptors (Lipinski definition) is 2. The Morgan fingerprint density at radius 1 is 0.667 bits per heavy atom. The summed E-state index contributed by atoms with van der Waals surface area (Å²) in [6, 6.07) is 18.5. The van der Waals surface area contributed by atoms with Crippen LogP contribution in [0.3, 0.4) is 0 Å². The smallest absolute Gasteiger partial charge is 0.200 e. The maximum Gasteiger partial charge on any atom is 0.200 e. The van der Waals surface area contributed by atoms with E-state index in [0.29, 0.717) is 11.3 Å². The highest BCUT2D eigenvalue weighted by atomic mass is 16.5. The minimum atomic E-state index is -0.00977. The molecule has 2 aromatic rings. The molecule has 0 aliphatic heterocycles. The maximum absolute atomic E-state index is 11.7. The molecule has 0 amide bonds. The number of carbonyl (C=O) groups is 1. The highest BCUT2D eigenvalue weighted by Crippen LogP contribution is 2.09. The van der Waals surface area contributed by atoms with Crippen LogP contribution in [0.5, 0.6) is 5.75 Å². The van der Waals surface area contributed by atoms with Crippen molar-refractivity contribution >= 4 is 5.78 Å². The summed E-state index contributed by atoms with van der Waals surface area (Å²) >= 11 is 0. The molecule has 0 aromatic heterocycles. The summed E-state index contributed by atoms with van der Waals surface area (Å²) in [6.45, 7) is 16.1. The summed E-state index contributed by atoms with van der Waals surface area (Å²) in [5, 5.41) is 0. The van der Waals surface area contributed by atoms with Crippen LogP contribution in [0.15, 0.2) is 60.7 Å². The molecule has 0 aliphatic rings. The highest BCUT2D eigenvalue weighted by Gasteiger charge is 2.05. The Bertz CT molecular complexity index is 450. The molecule has 0 radical (unpaired) electrons. The van der Waals surface area contributed by atoms with Gasteiger partial charge in [0.15, 0.2) is 12.4 Å². The van der Waals surface area contributed by atoms with Crippen molar-refractivity contribution in [1.82, 2.24) is 0 Å². The summed E-state index contributed by atoms with van der Waals surface area (Å²) < 4.78 is 5.37. The Morgan fingerprint density at radius 2 is 1.04 bits per heavy atom. The van der Waals surface area contributed by atoms with Crippen molar-refractivity contribution in [1.29, 1.82) is 0 Å². The zero-order valence-corrected chi connectivity index (χ0v) is 16.8. The van der Waals surface area contributed by atoms with Gasteiger partial charge in [-0.15, -0.1) is 0 Å². The molecular weight excluding hydrogens is 296 g/mol. The fraction of sp³-hybridized carbons (Fsp3) is 0.409. The van der Waals surface area contributed by atoms with E-state index in [1.54, 1.807) is 12.1 Å². The number of carbonyl (C=O) groups excluding carboxylic acids is 1. The van der Waals surface area contributed by atoms with Gasteiger partial charge in [-0.1, -0.05) is 104 Å². The molecule has 0 N–H and O–H groups in total. The molecule has 136 valence electrons. The van der Waals surface area contributed by atoms with Crippen LogP contribution in [0, 0.1) is 0 Å². The van der Waals surface area contributed by atoms with Crippen LogP contribution < -0.4 is 4.74 Å². The SMILES string of the molecule is CC.CC.CC.CC.O=C(COc1ccccc1)c1ccccc1. The average Bonchev–Trinajstić information content (AvgIpc) is 2.73. The number of Topliss-reactive ketones (excluding diaryl/α,β-unsaturated/α-hetero) is 1. The van der Waals surface area contributed by atoms with Gasteiger partial charge >= 0.3 is 0 Å². The van der Waals surface area contributed by atoms with Crippen LogP contribution in [0.25, 0.3) is 0 Å². The molecule has 0 bridgehead atoms. The average molecular weight is 333 g/mol. The Hall–Kier alpha value is -2.09. The third kappa shape index (κ3) is 13.6. The molecule has 0 heterocycles. The van der Waals surface area contributed by atoms with Crippen LogP contribution in [0.4, 0.5) is 0 Å². The van der Waals surface area contributed by atoms with Gasteiger partial charge in [-0.2, -0.15) is 0 Å². The number of para-hydroxylation sites is 1. The van der Waals surface area contributed by atoms with Crippen molar-refractivity contribution in [2.45, 2.75) is 55.4 Å². The van der Waals surface area contributed by atoms with Gasteiger partial charge in [-0.05, 0) is 12.1 Å². The van der Waals surface area contributed by atoms with E-state index in [-0.39, 0.29) is 12.4 Å². The van der Waals surface area contributed by atoms with E-state index in [2.05, 4.69) is 0 Å². The molecule has 2 aromatic carbocycles. The second-order valence-corrected chi connectivity index (χ2v) is 3.39. The number of hydrogen-bond donors (Lipinski definition) is 0. The Kier molecular flexibility index (Phi) is 25.9. The van der Waals surface area contributed by atoms with Crippen LogP contribution >= 0.6 is 0 Å². The topological polar surface area (TPSA) is 26.3 Å². The molecule has 0 spiro atoms. The lowest BCUT2D eigenvalue weighted by atomic mass is 10.1. The van der Waals surface area contributed by atoms with Crippen LogP contribution in [-0.2, 0) is 0 Å². The quantitative estimate of drug-likeness (QED) is 0.560. The third-order valence-electron chi connectivity index (χ3n) is 2.21. The number of rotatable bonds is 4. The zero-order valence-electron chi connectivity index (χ0n) is 16.8. The molecule has 0 unspecified atom stereocenters. The summed E-state index contributed by atoms with van der Waals surface area (Å²) in [6.07, 6.45) is 0. The fourth-order valence-electron chi connectivity index (χ4n) is 1.37. The molecular formula is C22H36O2. The van der Waals surface area contributed by atoms with Crippen molar-refractivity contribution in [2.24, 2.45) is 0 Å². The van der Waals surface area contributed by atoms with E-state index in [4.69, 9.17) is 4.74 Å². The van der Waals surface area contributed by atoms with E-state index < -0.39 is 0 Å². The first-order valence-electron chi connectivity index (χ1n) is 9.12. The first-order valence-corrected chi connectivity index (χ1v) is 9.12. The molecule has 0 saturated carbocycles. The predicted octanol–water partition coefficient (Wildman–Crippen LogP) is 7.05. The predicted molar refractivity (Wildman–Crippen MR) is 108 cm³/mol. The molecule has 0 aliphatic carbocycles. The number of ether oxygens (including phenoxy) is 1. The van der Waals surface area contributed by atoms with Crippen molar-refractivity contribution < 1.29 is 9.53 Å². The molecule has 2 nitrogen and oxygen atoms in total. The van der Waals surface area contributed by atoms with Crippen LogP contribution in [-0.4, -0.2) is 12.4 Å². The second kappa shape index (κ2) is 23.2. The molecule has 2 heteroatoms. The first-order chi connectivity index (χ1) is 11.9. The van der Waals surface area contributed by atoms with E-state index in [9.17, 15) is 4.79 Å². The van der Waals surface area contributed by atoms with Crippen molar-refractivity contribution in [3.8, 4) is 5.75 Å². The standard InChI is InChI=1S/C14H12O2.4C2H6/c15-14(12-7-3-1-4-8-12)11-16-13-9-5-2-6-10-13;4*1-2/h1-10H,11H2;4*1-2H3. The van der Waals surface area contributed by atoms with Crippen LogP contribution in [0.2, 0.25) is 0 Å². The van der Waals surface area contributed by atoms with Gasteiger partial charge in [0.05, 0.1) is 0 Å². The second-order valence-electron chi connectivity index (χ2n) is 3.39. The zero-order chi connectivity index (χ0) is 19.2. The summed E-state index contributed by atoms with van der Waals surface area (Å²) in [7, 11) is 0. The minimum Gasteiger partial charge on any atom is -0.485 e. The summed E-state index contributed by atoms with van der Waals surface area (Å²) in [5.41, 5.74) is 0.679. The molecule has 24 heavy (non-hydrogen) atoms. The summed E-state index contributed by atoms with van der Waals surface area (Å²) in [5.74, 6) is 0.705. The van der Waals surface area contributed by atoms with Crippen molar-refractivity contribution in [2.75, 3.05) is 6.61 Å². The third-order valence-corrected chi connectivity index (χ3v) is 2.21. The van der Waals surface area contributed by atoms with Gasteiger partial charge in [0.2, 0.25) is 0 Å². The Labute approximate surface area is 149 Å². The lowest BCUT2D eigenvalue weighted by molar-refractivity contribution is 0.0921. The molecule has 0 atom stereocenters. The largest absolute Gasteiger partial charge is 0.485 e. The minimum absolute atomic E-state index is 0.00977. The van der Waals surface area contributed by atoms with Gasteiger partial charge in [0.1, 0.15) is 5.75 Å². The van der Waals surface area contributed by atoms with E-state index in [0.717, 1.165) is 0 Å². The molecule has 2 rings (SSSR count). The van der Waals surface area contributed by atoms with Gasteiger partial charge in [-0.3, -0.25) is 4.79 Å². The molecule has 0 fully saturated rings. The Morgan fingerprint density at radius 3 is 1.46 bits per heavy atom. The molecule has 0 saturated heterocycles. The highest BCUT2D eigenvalue weighted by molar-refractivity contribution is 5.97. The van der Waals surface area contributed by atoms with Gasteiger partial charge < -0.3 is 4.74 Å². The maximum atomic E-state index is 11.7. The van der Waals surface area contributed by atoms with E-state index >= 15 is 0 Å². The van der Waals surface area contributed by atoms with Crippen molar-refractivity contribution in [3.05, 3.63) is 66.2 Å². The van der Waals surface area contributed by atoms with E-state index in [1.165, 1.54) is 0 Å². The normalized spacial score (nSPS) is 7.50.